The molecule has 0 atom stereocenters. The third kappa shape index (κ3) is 1.93. The van der Waals surface area contributed by atoms with E-state index in [9.17, 15) is 4.39 Å². The van der Waals surface area contributed by atoms with Crippen molar-refractivity contribution in [2.24, 2.45) is 0 Å². The van der Waals surface area contributed by atoms with Crippen LogP contribution in [0.2, 0.25) is 0 Å². The summed E-state index contributed by atoms with van der Waals surface area (Å²) in [5, 5.41) is 0. The zero-order valence-corrected chi connectivity index (χ0v) is 5.20. The lowest BCUT2D eigenvalue weighted by Gasteiger charge is -1.97. The molecule has 0 fully saturated rings. The normalized spacial score (nSPS) is 9.30. The first-order valence-electron chi connectivity index (χ1n) is 2.74. The fourth-order valence-corrected chi connectivity index (χ4v) is 0.433. The molecule has 5 heteroatoms. The summed E-state index contributed by atoms with van der Waals surface area (Å²) in [7, 11) is 0. The van der Waals surface area contributed by atoms with Crippen LogP contribution in [0.3, 0.4) is 0 Å². The lowest BCUT2D eigenvalue weighted by molar-refractivity contribution is 0.254. The molecule has 0 saturated carbocycles. The van der Waals surface area contributed by atoms with Crippen molar-refractivity contribution in [2.45, 2.75) is 0 Å². The lowest BCUT2D eigenvalue weighted by Crippen LogP contribution is -2.01. The molecular weight excluding hydrogens is 137 g/mol. The monoisotopic (exact) mass is 143 g/mol. The van der Waals surface area contributed by atoms with Gasteiger partial charge in [0.1, 0.15) is 25.9 Å². The Morgan fingerprint density at radius 2 is 2.10 bits per heavy atom. The summed E-state index contributed by atoms with van der Waals surface area (Å²) in [4.78, 5) is 10.8. The van der Waals surface area contributed by atoms with Crippen molar-refractivity contribution in [1.82, 2.24) is 15.0 Å². The van der Waals surface area contributed by atoms with E-state index in [1.807, 2.05) is 0 Å². The summed E-state index contributed by atoms with van der Waals surface area (Å²) >= 11 is 0. The Bertz CT molecular complexity index is 182. The molecular formula is C5H6FN3O. The van der Waals surface area contributed by atoms with Crippen molar-refractivity contribution in [3.8, 4) is 6.01 Å². The van der Waals surface area contributed by atoms with E-state index in [2.05, 4.69) is 15.0 Å². The maximum atomic E-state index is 11.5. The van der Waals surface area contributed by atoms with E-state index in [0.717, 1.165) is 0 Å². The van der Waals surface area contributed by atoms with Crippen molar-refractivity contribution in [3.05, 3.63) is 12.7 Å². The number of hydrogen-bond donors (Lipinski definition) is 0. The Morgan fingerprint density at radius 1 is 1.40 bits per heavy atom. The van der Waals surface area contributed by atoms with Gasteiger partial charge in [0, 0.05) is 0 Å². The Hall–Kier alpha value is -1.26. The van der Waals surface area contributed by atoms with Gasteiger partial charge in [0.25, 0.3) is 0 Å². The fraction of sp³-hybridized carbons (Fsp3) is 0.400. The maximum Gasteiger partial charge on any atom is 0.319 e. The number of rotatable bonds is 3. The van der Waals surface area contributed by atoms with Gasteiger partial charge in [0.2, 0.25) is 0 Å². The van der Waals surface area contributed by atoms with Crippen LogP contribution in [0, 0.1) is 0 Å². The van der Waals surface area contributed by atoms with Gasteiger partial charge in [-0.1, -0.05) is 0 Å². The van der Waals surface area contributed by atoms with Gasteiger partial charge in [-0.15, -0.1) is 0 Å². The minimum atomic E-state index is -0.536. The summed E-state index contributed by atoms with van der Waals surface area (Å²) in [5.74, 6) is 0. The van der Waals surface area contributed by atoms with Gasteiger partial charge in [0.05, 0.1) is 0 Å². The van der Waals surface area contributed by atoms with E-state index in [1.54, 1.807) is 0 Å². The van der Waals surface area contributed by atoms with E-state index >= 15 is 0 Å². The summed E-state index contributed by atoms with van der Waals surface area (Å²) in [6, 6.07) is 0.160. The first-order valence-corrected chi connectivity index (χ1v) is 2.74. The second kappa shape index (κ2) is 3.71. The SMILES string of the molecule is FCCOc1ncncn1. The van der Waals surface area contributed by atoms with E-state index < -0.39 is 6.67 Å². The van der Waals surface area contributed by atoms with E-state index in [0.29, 0.717) is 0 Å². The van der Waals surface area contributed by atoms with E-state index in [-0.39, 0.29) is 12.6 Å². The van der Waals surface area contributed by atoms with Crippen molar-refractivity contribution in [3.63, 3.8) is 0 Å². The number of hydrogen-bond acceptors (Lipinski definition) is 4. The number of halogens is 1. The van der Waals surface area contributed by atoms with Crippen molar-refractivity contribution >= 4 is 0 Å². The van der Waals surface area contributed by atoms with Gasteiger partial charge in [-0.3, -0.25) is 0 Å². The van der Waals surface area contributed by atoms with Crippen LogP contribution in [0.15, 0.2) is 12.7 Å². The molecule has 1 aromatic heterocycles. The predicted molar refractivity (Wildman–Crippen MR) is 31.3 cm³/mol. The third-order valence-corrected chi connectivity index (χ3v) is 0.778. The van der Waals surface area contributed by atoms with Crippen LogP contribution < -0.4 is 4.74 Å². The molecule has 0 amide bonds. The lowest BCUT2D eigenvalue weighted by atomic mass is 10.8. The molecule has 1 aromatic rings. The van der Waals surface area contributed by atoms with Gasteiger partial charge < -0.3 is 4.74 Å². The number of alkyl halides is 1. The van der Waals surface area contributed by atoms with Gasteiger partial charge in [0.15, 0.2) is 0 Å². The quantitative estimate of drug-likeness (QED) is 0.607. The van der Waals surface area contributed by atoms with Crippen LogP contribution >= 0.6 is 0 Å². The second-order valence-corrected chi connectivity index (χ2v) is 1.46. The van der Waals surface area contributed by atoms with Crippen molar-refractivity contribution < 1.29 is 9.13 Å². The summed E-state index contributed by atoms with van der Waals surface area (Å²) < 4.78 is 16.2. The van der Waals surface area contributed by atoms with Crippen LogP contribution in [-0.4, -0.2) is 28.2 Å². The highest BCUT2D eigenvalue weighted by Gasteiger charge is 1.92. The van der Waals surface area contributed by atoms with Crippen LogP contribution in [-0.2, 0) is 0 Å². The summed E-state index contributed by atoms with van der Waals surface area (Å²) in [5.41, 5.74) is 0. The Morgan fingerprint density at radius 3 is 2.70 bits per heavy atom. The van der Waals surface area contributed by atoms with Crippen LogP contribution in [0.1, 0.15) is 0 Å². The Kier molecular flexibility index (Phi) is 2.54. The number of aromatic nitrogens is 3. The molecule has 0 aliphatic rings. The largest absolute Gasteiger partial charge is 0.461 e. The molecule has 0 radical (unpaired) electrons. The van der Waals surface area contributed by atoms with Crippen LogP contribution in [0.5, 0.6) is 6.01 Å². The molecule has 0 saturated heterocycles. The molecule has 0 aromatic carbocycles. The Balaban J connectivity index is 2.43. The zero-order valence-electron chi connectivity index (χ0n) is 5.20. The highest BCUT2D eigenvalue weighted by molar-refractivity contribution is 4.86. The topological polar surface area (TPSA) is 47.9 Å². The van der Waals surface area contributed by atoms with Crippen molar-refractivity contribution in [2.75, 3.05) is 13.3 Å². The molecule has 0 spiro atoms. The van der Waals surface area contributed by atoms with Gasteiger partial charge in [-0.25, -0.2) is 9.37 Å². The molecule has 0 unspecified atom stereocenters. The van der Waals surface area contributed by atoms with E-state index in [4.69, 9.17) is 4.74 Å². The van der Waals surface area contributed by atoms with Crippen LogP contribution in [0.4, 0.5) is 4.39 Å². The number of nitrogens with zero attached hydrogens (tertiary/aromatic N) is 3. The molecule has 54 valence electrons. The average Bonchev–Trinajstić information content (AvgIpc) is 2.03. The molecule has 0 bridgehead atoms. The van der Waals surface area contributed by atoms with E-state index in [1.165, 1.54) is 12.7 Å². The first kappa shape index (κ1) is 6.85. The highest BCUT2D eigenvalue weighted by Crippen LogP contribution is 1.94. The average molecular weight is 143 g/mol. The second-order valence-electron chi connectivity index (χ2n) is 1.46. The minimum Gasteiger partial charge on any atom is -0.461 e. The van der Waals surface area contributed by atoms with Gasteiger partial charge in [-0.05, 0) is 0 Å². The zero-order chi connectivity index (χ0) is 7.23. The maximum absolute atomic E-state index is 11.5. The highest BCUT2D eigenvalue weighted by atomic mass is 19.1. The standard InChI is InChI=1S/C5H6FN3O/c6-1-2-10-5-8-3-7-4-9-5/h3-4H,1-2H2. The minimum absolute atomic E-state index is 0.00991. The third-order valence-electron chi connectivity index (χ3n) is 0.778. The predicted octanol–water partition coefficient (Wildman–Crippen LogP) is 0.220. The van der Waals surface area contributed by atoms with Crippen LogP contribution in [0.25, 0.3) is 0 Å². The molecule has 0 N–H and O–H groups in total. The smallest absolute Gasteiger partial charge is 0.319 e. The van der Waals surface area contributed by atoms with Gasteiger partial charge >= 0.3 is 6.01 Å². The molecule has 1 rings (SSSR count). The summed E-state index contributed by atoms with van der Waals surface area (Å²) in [6.45, 7) is -0.546. The summed E-state index contributed by atoms with van der Waals surface area (Å²) in [6.07, 6.45) is 2.58. The molecule has 0 aliphatic heterocycles. The molecule has 4 nitrogen and oxygen atoms in total. The first-order chi connectivity index (χ1) is 4.93. The Labute approximate surface area is 57.1 Å². The molecule has 0 aliphatic carbocycles. The van der Waals surface area contributed by atoms with Gasteiger partial charge in [-0.2, -0.15) is 9.97 Å². The fourth-order valence-electron chi connectivity index (χ4n) is 0.433. The molecule has 1 heterocycles. The molecule has 10 heavy (non-hydrogen) atoms. The number of ether oxygens (including phenoxy) is 1. The van der Waals surface area contributed by atoms with Crippen molar-refractivity contribution in [1.29, 1.82) is 0 Å².